The molecule has 0 radical (unpaired) electrons. The number of thiophene rings is 1. The van der Waals surface area contributed by atoms with Crippen LogP contribution in [0.5, 0.6) is 0 Å². The molecule has 0 amide bonds. The van der Waals surface area contributed by atoms with Crippen LogP contribution in [-0.2, 0) is 25.8 Å². The van der Waals surface area contributed by atoms with Gasteiger partial charge in [-0.1, -0.05) is 6.92 Å². The van der Waals surface area contributed by atoms with Crippen LogP contribution in [0, 0.1) is 10.1 Å². The quantitative estimate of drug-likeness (QED) is 0.356. The van der Waals surface area contributed by atoms with Crippen LogP contribution in [-0.4, -0.2) is 48.3 Å². The second-order valence-corrected chi connectivity index (χ2v) is 9.53. The summed E-state index contributed by atoms with van der Waals surface area (Å²) in [5.41, 5.74) is 0.669. The maximum Gasteiger partial charge on any atom is 0.294 e. The number of rotatable bonds is 8. The molecule has 0 bridgehead atoms. The first kappa shape index (κ1) is 19.2. The number of likely N-dealkylation sites (N-methyl/N-ethyl adjacent to an activating group) is 1. The molecule has 2 rings (SSSR count). The molecule has 1 aliphatic heterocycles. The number of sulfonamides is 1. The average Bonchev–Trinajstić information content (AvgIpc) is 2.93. The van der Waals surface area contributed by atoms with E-state index in [-0.39, 0.29) is 16.9 Å². The van der Waals surface area contributed by atoms with Crippen LogP contribution < -0.4 is 10.5 Å². The summed E-state index contributed by atoms with van der Waals surface area (Å²) in [7, 11) is -5.40. The van der Waals surface area contributed by atoms with E-state index >= 15 is 0 Å². The lowest BCUT2D eigenvalue weighted by Gasteiger charge is -2.31. The Bertz CT molecular complexity index is 734. The molecular formula is C11H18N4O6S3. The van der Waals surface area contributed by atoms with E-state index in [4.69, 9.17) is 5.14 Å². The fourth-order valence-corrected chi connectivity index (χ4v) is 6.29. The number of primary sulfonamides is 1. The van der Waals surface area contributed by atoms with E-state index < -0.39 is 26.1 Å². The minimum absolute atomic E-state index is 0.0257. The molecule has 0 aromatic carbocycles. The minimum Gasteiger partial charge on any atom is -0.314 e. The van der Waals surface area contributed by atoms with E-state index in [2.05, 4.69) is 10.2 Å². The summed E-state index contributed by atoms with van der Waals surface area (Å²) in [6.07, 6.45) is 0.328. The van der Waals surface area contributed by atoms with E-state index in [1.807, 2.05) is 6.92 Å². The summed E-state index contributed by atoms with van der Waals surface area (Å²) in [6.45, 7) is 3.19. The first-order chi connectivity index (χ1) is 11.2. The molecule has 0 saturated carbocycles. The lowest BCUT2D eigenvalue weighted by atomic mass is 10.1. The normalized spacial score (nSPS) is 21.4. The van der Waals surface area contributed by atoms with Gasteiger partial charge >= 0.3 is 0 Å². The lowest BCUT2D eigenvalue weighted by Crippen LogP contribution is -2.41. The predicted molar refractivity (Wildman–Crippen MR) is 87.7 cm³/mol. The highest BCUT2D eigenvalue weighted by molar-refractivity contribution is 7.92. The Morgan fingerprint density at radius 2 is 2.33 bits per heavy atom. The monoisotopic (exact) mass is 398 g/mol. The third-order valence-corrected chi connectivity index (χ3v) is 7.73. The van der Waals surface area contributed by atoms with Gasteiger partial charge in [0.1, 0.15) is 19.4 Å². The number of fused-ring (bicyclic) bond motifs is 1. The van der Waals surface area contributed by atoms with Gasteiger partial charge in [-0.3, -0.25) is 0 Å². The number of hydrogen-bond acceptors (Lipinski definition) is 8. The van der Waals surface area contributed by atoms with Crippen molar-refractivity contribution in [3.8, 4) is 0 Å². The largest absolute Gasteiger partial charge is 0.314 e. The molecule has 13 heteroatoms. The standard InChI is InChI=1S/C11H18N4O6S3/c1-2-13-9-7-14(4-3-5-21-15(16)17)23(18)11-8(9)6-10(22-11)24(12,19)20/h6,9,13H,2-5,7H2,1H3,(H2,12,19,20). The summed E-state index contributed by atoms with van der Waals surface area (Å²) in [4.78, 5) is 14.4. The Morgan fingerprint density at radius 3 is 2.92 bits per heavy atom. The van der Waals surface area contributed by atoms with Gasteiger partial charge in [0.15, 0.2) is 0 Å². The first-order valence-electron chi connectivity index (χ1n) is 7.08. The number of hydrogen-bond donors (Lipinski definition) is 2. The van der Waals surface area contributed by atoms with Gasteiger partial charge in [-0.2, -0.15) is 0 Å². The average molecular weight is 398 g/mol. The molecule has 10 nitrogen and oxygen atoms in total. The fourth-order valence-electron chi connectivity index (χ4n) is 2.35. The molecule has 2 heterocycles. The SMILES string of the molecule is CCNC1CN(CCCO[N+](=O)[O-])S(=O)c2sc(S(N)(=O)=O)cc21. The summed E-state index contributed by atoms with van der Waals surface area (Å²) < 4.78 is 37.8. The summed E-state index contributed by atoms with van der Waals surface area (Å²) >= 11 is 0.894. The minimum atomic E-state index is -3.86. The molecule has 1 aliphatic rings. The van der Waals surface area contributed by atoms with Crippen molar-refractivity contribution in [2.45, 2.75) is 27.8 Å². The van der Waals surface area contributed by atoms with Gasteiger partial charge in [-0.05, 0) is 19.0 Å². The Balaban J connectivity index is 2.19. The van der Waals surface area contributed by atoms with Gasteiger partial charge in [0.05, 0.1) is 6.61 Å². The van der Waals surface area contributed by atoms with Gasteiger partial charge in [0.25, 0.3) is 5.09 Å². The molecule has 2 unspecified atom stereocenters. The highest BCUT2D eigenvalue weighted by atomic mass is 32.3. The highest BCUT2D eigenvalue weighted by Crippen LogP contribution is 2.37. The molecule has 0 fully saturated rings. The Labute approximate surface area is 145 Å². The van der Waals surface area contributed by atoms with E-state index in [1.165, 1.54) is 6.07 Å². The molecule has 2 atom stereocenters. The summed E-state index contributed by atoms with van der Waals surface area (Å²) in [6, 6.07) is 1.28. The molecule has 1 aromatic heterocycles. The smallest absolute Gasteiger partial charge is 0.294 e. The van der Waals surface area contributed by atoms with Crippen molar-refractivity contribution in [1.82, 2.24) is 9.62 Å². The second kappa shape index (κ2) is 7.84. The molecule has 3 N–H and O–H groups in total. The molecule has 0 saturated heterocycles. The highest BCUT2D eigenvalue weighted by Gasteiger charge is 2.34. The number of nitrogens with two attached hydrogens (primary N) is 1. The van der Waals surface area contributed by atoms with Crippen molar-refractivity contribution in [2.75, 3.05) is 26.2 Å². The Morgan fingerprint density at radius 1 is 1.62 bits per heavy atom. The van der Waals surface area contributed by atoms with Crippen LogP contribution in [0.25, 0.3) is 0 Å². The second-order valence-electron chi connectivity index (χ2n) is 5.01. The molecule has 0 spiro atoms. The van der Waals surface area contributed by atoms with Gasteiger partial charge < -0.3 is 10.2 Å². The van der Waals surface area contributed by atoms with Crippen molar-refractivity contribution in [2.24, 2.45) is 5.14 Å². The van der Waals surface area contributed by atoms with E-state index in [0.29, 0.717) is 35.8 Å². The van der Waals surface area contributed by atoms with Gasteiger partial charge in [-0.15, -0.1) is 21.5 Å². The lowest BCUT2D eigenvalue weighted by molar-refractivity contribution is -0.757. The first-order valence-corrected chi connectivity index (χ1v) is 10.5. The van der Waals surface area contributed by atoms with Crippen LogP contribution in [0.4, 0.5) is 0 Å². The third-order valence-electron chi connectivity index (χ3n) is 3.34. The van der Waals surface area contributed by atoms with Crippen molar-refractivity contribution in [1.29, 1.82) is 0 Å². The van der Waals surface area contributed by atoms with Crippen molar-refractivity contribution in [3.63, 3.8) is 0 Å². The van der Waals surface area contributed by atoms with Crippen molar-refractivity contribution >= 4 is 32.3 Å². The molecule has 0 aliphatic carbocycles. The number of nitrogens with one attached hydrogen (secondary N) is 1. The predicted octanol–water partition coefficient (Wildman–Crippen LogP) is -0.0173. The topological polar surface area (TPSA) is 145 Å². The molecular weight excluding hydrogens is 380 g/mol. The molecule has 24 heavy (non-hydrogen) atoms. The third kappa shape index (κ3) is 4.49. The molecule has 1 aromatic rings. The fraction of sp³-hybridized carbons (Fsp3) is 0.636. The van der Waals surface area contributed by atoms with E-state index in [0.717, 1.165) is 11.3 Å². The van der Waals surface area contributed by atoms with Crippen LogP contribution in [0.3, 0.4) is 0 Å². The zero-order chi connectivity index (χ0) is 17.9. The van der Waals surface area contributed by atoms with E-state index in [1.54, 1.807) is 4.31 Å². The van der Waals surface area contributed by atoms with Crippen LogP contribution in [0.1, 0.15) is 24.9 Å². The van der Waals surface area contributed by atoms with Crippen LogP contribution in [0.15, 0.2) is 14.5 Å². The Hall–Kier alpha value is -1.12. The van der Waals surface area contributed by atoms with Crippen LogP contribution >= 0.6 is 11.3 Å². The van der Waals surface area contributed by atoms with Gasteiger partial charge in [0.2, 0.25) is 10.0 Å². The zero-order valence-corrected chi connectivity index (χ0v) is 15.3. The zero-order valence-electron chi connectivity index (χ0n) is 12.8. The summed E-state index contributed by atoms with van der Waals surface area (Å²) in [5.74, 6) is 0. The maximum absolute atomic E-state index is 12.6. The van der Waals surface area contributed by atoms with Crippen molar-refractivity contribution in [3.05, 3.63) is 21.7 Å². The van der Waals surface area contributed by atoms with Crippen LogP contribution in [0.2, 0.25) is 0 Å². The maximum atomic E-state index is 12.6. The Kier molecular flexibility index (Phi) is 6.28. The van der Waals surface area contributed by atoms with Gasteiger partial charge in [0, 0.05) is 24.7 Å². The van der Waals surface area contributed by atoms with Crippen molar-refractivity contribution < 1.29 is 22.6 Å². The summed E-state index contributed by atoms with van der Waals surface area (Å²) in [5, 5.41) is 17.7. The number of nitrogens with zero attached hydrogens (tertiary/aromatic N) is 2. The van der Waals surface area contributed by atoms with E-state index in [9.17, 15) is 22.7 Å². The molecule has 136 valence electrons. The van der Waals surface area contributed by atoms with Gasteiger partial charge in [-0.25, -0.2) is 22.1 Å².